The highest BCUT2D eigenvalue weighted by atomic mass is 32.2. The molecule has 0 unspecified atom stereocenters. The molecule has 0 spiro atoms. The van der Waals surface area contributed by atoms with E-state index in [1.165, 1.54) is 28.6 Å². The Morgan fingerprint density at radius 1 is 1.21 bits per heavy atom. The number of carboxylic acids is 1. The average Bonchev–Trinajstić information content (AvgIpc) is 2.54. The number of hydrogen-bond acceptors (Lipinski definition) is 4. The molecule has 0 aromatic heterocycles. The van der Waals surface area contributed by atoms with Gasteiger partial charge in [0.25, 0.3) is 0 Å². The van der Waals surface area contributed by atoms with Gasteiger partial charge in [-0.3, -0.25) is 4.79 Å². The summed E-state index contributed by atoms with van der Waals surface area (Å²) in [6.07, 6.45) is 0.847. The number of carbonyl (C=O) groups is 2. The van der Waals surface area contributed by atoms with Crippen LogP contribution in [0.25, 0.3) is 0 Å². The Morgan fingerprint density at radius 3 is 2.33 bits per heavy atom. The van der Waals surface area contributed by atoms with Gasteiger partial charge in [-0.25, -0.2) is 13.2 Å². The Kier molecular flexibility index (Phi) is 5.61. The number of piperidine rings is 1. The molecule has 1 saturated heterocycles. The molecule has 7 nitrogen and oxygen atoms in total. The highest BCUT2D eigenvalue weighted by molar-refractivity contribution is 7.89. The smallest absolute Gasteiger partial charge is 0.337 e. The molecule has 1 aliphatic heterocycles. The zero-order chi connectivity index (χ0) is 17.9. The number of nitrogens with zero attached hydrogens (tertiary/aromatic N) is 1. The molecule has 8 heteroatoms. The predicted octanol–water partition coefficient (Wildman–Crippen LogP) is 1.31. The molecule has 1 amide bonds. The topological polar surface area (TPSA) is 104 Å². The second-order valence-corrected chi connectivity index (χ2v) is 8.05. The van der Waals surface area contributed by atoms with Crippen LogP contribution in [-0.4, -0.2) is 48.8 Å². The molecule has 0 saturated carbocycles. The second-order valence-electron chi connectivity index (χ2n) is 6.14. The van der Waals surface area contributed by atoms with Crippen LogP contribution in [0.1, 0.15) is 37.0 Å². The largest absolute Gasteiger partial charge is 0.478 e. The third kappa shape index (κ3) is 3.93. The standard InChI is InChI=1S/C16H22N2O5S/c1-11(2)17-15(19)12-7-9-18(10-8-12)24(22,23)14-6-4-3-5-13(14)16(20)21/h3-6,11-12H,7-10H2,1-2H3,(H,17,19)(H,20,21). The zero-order valence-electron chi connectivity index (χ0n) is 13.7. The minimum Gasteiger partial charge on any atom is -0.478 e. The lowest BCUT2D eigenvalue weighted by Crippen LogP contribution is -2.44. The number of rotatable bonds is 5. The number of carbonyl (C=O) groups excluding carboxylic acids is 1. The van der Waals surface area contributed by atoms with Crippen molar-refractivity contribution in [2.45, 2.75) is 37.6 Å². The molecular formula is C16H22N2O5S. The molecule has 2 rings (SSSR count). The first-order valence-corrected chi connectivity index (χ1v) is 9.30. The van der Waals surface area contributed by atoms with Gasteiger partial charge in [0.15, 0.2) is 0 Å². The summed E-state index contributed by atoms with van der Waals surface area (Å²) >= 11 is 0. The first-order chi connectivity index (χ1) is 11.2. The normalized spacial score (nSPS) is 17.0. The van der Waals surface area contributed by atoms with Gasteiger partial charge in [-0.2, -0.15) is 4.31 Å². The molecule has 2 N–H and O–H groups in total. The highest BCUT2D eigenvalue weighted by Crippen LogP contribution is 2.26. The summed E-state index contributed by atoms with van der Waals surface area (Å²) in [5, 5.41) is 12.0. The van der Waals surface area contributed by atoms with E-state index in [1.54, 1.807) is 0 Å². The van der Waals surface area contributed by atoms with Crippen LogP contribution < -0.4 is 5.32 Å². The Bertz CT molecular complexity index is 722. The number of carboxylic acid groups (broad SMARTS) is 1. The van der Waals surface area contributed by atoms with Gasteiger partial charge in [0.05, 0.1) is 10.5 Å². The van der Waals surface area contributed by atoms with Crippen molar-refractivity contribution >= 4 is 21.9 Å². The third-order valence-corrected chi connectivity index (χ3v) is 5.95. The number of hydrogen-bond donors (Lipinski definition) is 2. The number of sulfonamides is 1. The van der Waals surface area contributed by atoms with Gasteiger partial charge in [-0.1, -0.05) is 12.1 Å². The van der Waals surface area contributed by atoms with Crippen LogP contribution in [0.3, 0.4) is 0 Å². The van der Waals surface area contributed by atoms with E-state index in [0.29, 0.717) is 12.8 Å². The molecule has 0 atom stereocenters. The van der Waals surface area contributed by atoms with Crippen molar-refractivity contribution < 1.29 is 23.1 Å². The molecule has 0 bridgehead atoms. The van der Waals surface area contributed by atoms with Crippen LogP contribution >= 0.6 is 0 Å². The Balaban J connectivity index is 2.14. The maximum Gasteiger partial charge on any atom is 0.337 e. The lowest BCUT2D eigenvalue weighted by Gasteiger charge is -2.31. The average molecular weight is 354 g/mol. The van der Waals surface area contributed by atoms with Gasteiger partial charge in [0.1, 0.15) is 0 Å². The van der Waals surface area contributed by atoms with E-state index in [-0.39, 0.29) is 41.4 Å². The zero-order valence-corrected chi connectivity index (χ0v) is 14.5. The minimum atomic E-state index is -3.89. The quantitative estimate of drug-likeness (QED) is 0.830. The third-order valence-electron chi connectivity index (χ3n) is 3.99. The monoisotopic (exact) mass is 354 g/mol. The first-order valence-electron chi connectivity index (χ1n) is 7.86. The van der Waals surface area contributed by atoms with E-state index in [2.05, 4.69) is 5.32 Å². The van der Waals surface area contributed by atoms with E-state index in [4.69, 9.17) is 0 Å². The van der Waals surface area contributed by atoms with E-state index < -0.39 is 16.0 Å². The summed E-state index contributed by atoms with van der Waals surface area (Å²) in [5.41, 5.74) is -0.239. The van der Waals surface area contributed by atoms with Gasteiger partial charge in [-0.15, -0.1) is 0 Å². The SMILES string of the molecule is CC(C)NC(=O)C1CCN(S(=O)(=O)c2ccccc2C(=O)O)CC1. The summed E-state index contributed by atoms with van der Waals surface area (Å²) in [6.45, 7) is 4.15. The lowest BCUT2D eigenvalue weighted by atomic mass is 9.97. The van der Waals surface area contributed by atoms with E-state index in [0.717, 1.165) is 0 Å². The molecule has 24 heavy (non-hydrogen) atoms. The molecule has 0 aliphatic carbocycles. The summed E-state index contributed by atoms with van der Waals surface area (Å²) in [4.78, 5) is 23.1. The molecule has 1 heterocycles. The van der Waals surface area contributed by atoms with Crippen LogP contribution in [0.2, 0.25) is 0 Å². The Hall–Kier alpha value is -1.93. The fraction of sp³-hybridized carbons (Fsp3) is 0.500. The highest BCUT2D eigenvalue weighted by Gasteiger charge is 2.34. The van der Waals surface area contributed by atoms with Gasteiger partial charge in [-0.05, 0) is 38.8 Å². The molecule has 132 valence electrons. The van der Waals surface area contributed by atoms with Crippen molar-refractivity contribution in [1.29, 1.82) is 0 Å². The van der Waals surface area contributed by atoms with Gasteiger partial charge in [0.2, 0.25) is 15.9 Å². The van der Waals surface area contributed by atoms with E-state index in [9.17, 15) is 23.1 Å². The Morgan fingerprint density at radius 2 is 1.79 bits per heavy atom. The summed E-state index contributed by atoms with van der Waals surface area (Å²) in [6, 6.07) is 5.61. The van der Waals surface area contributed by atoms with Crippen molar-refractivity contribution in [3.8, 4) is 0 Å². The molecule has 1 aliphatic rings. The molecule has 1 fully saturated rings. The van der Waals surface area contributed by atoms with Crippen LogP contribution in [0.5, 0.6) is 0 Å². The number of benzene rings is 1. The van der Waals surface area contributed by atoms with E-state index >= 15 is 0 Å². The molecule has 0 radical (unpaired) electrons. The van der Waals surface area contributed by atoms with Crippen LogP contribution in [0.15, 0.2) is 29.2 Å². The Labute approximate surface area is 141 Å². The number of amides is 1. The first kappa shape index (κ1) is 18.4. The number of aromatic carboxylic acids is 1. The summed E-state index contributed by atoms with van der Waals surface area (Å²) in [7, 11) is -3.89. The molecule has 1 aromatic carbocycles. The molecular weight excluding hydrogens is 332 g/mol. The maximum atomic E-state index is 12.7. The van der Waals surface area contributed by atoms with Gasteiger partial charge in [0, 0.05) is 25.0 Å². The second kappa shape index (κ2) is 7.31. The van der Waals surface area contributed by atoms with Crippen molar-refractivity contribution in [3.05, 3.63) is 29.8 Å². The summed E-state index contributed by atoms with van der Waals surface area (Å²) < 4.78 is 26.7. The minimum absolute atomic E-state index is 0.0432. The van der Waals surface area contributed by atoms with Crippen LogP contribution in [0, 0.1) is 5.92 Å². The number of nitrogens with one attached hydrogen (secondary N) is 1. The van der Waals surface area contributed by atoms with Gasteiger partial charge >= 0.3 is 5.97 Å². The van der Waals surface area contributed by atoms with Gasteiger partial charge < -0.3 is 10.4 Å². The van der Waals surface area contributed by atoms with Crippen molar-refractivity contribution in [3.63, 3.8) is 0 Å². The maximum absolute atomic E-state index is 12.7. The fourth-order valence-electron chi connectivity index (χ4n) is 2.77. The lowest BCUT2D eigenvalue weighted by molar-refractivity contribution is -0.126. The van der Waals surface area contributed by atoms with Crippen LogP contribution in [-0.2, 0) is 14.8 Å². The van der Waals surface area contributed by atoms with Crippen molar-refractivity contribution in [1.82, 2.24) is 9.62 Å². The van der Waals surface area contributed by atoms with Crippen molar-refractivity contribution in [2.24, 2.45) is 5.92 Å². The van der Waals surface area contributed by atoms with Crippen molar-refractivity contribution in [2.75, 3.05) is 13.1 Å². The summed E-state index contributed by atoms with van der Waals surface area (Å²) in [5.74, 6) is -1.55. The van der Waals surface area contributed by atoms with E-state index in [1.807, 2.05) is 13.8 Å². The fourth-order valence-corrected chi connectivity index (χ4v) is 4.42. The predicted molar refractivity (Wildman–Crippen MR) is 88.2 cm³/mol. The molecule has 1 aromatic rings. The van der Waals surface area contributed by atoms with Crippen LogP contribution in [0.4, 0.5) is 0 Å².